The second kappa shape index (κ2) is 11.4. The van der Waals surface area contributed by atoms with E-state index in [1.807, 2.05) is 48.5 Å². The average Bonchev–Trinajstić information content (AvgIpc) is 3.14. The van der Waals surface area contributed by atoms with Gasteiger partial charge in [0, 0.05) is 43.2 Å². The maximum atomic E-state index is 12.8. The van der Waals surface area contributed by atoms with Crippen molar-refractivity contribution in [1.82, 2.24) is 4.90 Å². The minimum atomic E-state index is -0.453. The Morgan fingerprint density at radius 2 is 1.69 bits per heavy atom. The maximum absolute atomic E-state index is 12.8. The minimum absolute atomic E-state index is 0.313. The lowest BCUT2D eigenvalue weighted by Crippen LogP contribution is -2.36. The van der Waals surface area contributed by atoms with E-state index >= 15 is 0 Å². The molecule has 0 unspecified atom stereocenters. The second-order valence-corrected chi connectivity index (χ2v) is 9.22. The number of hydrogen-bond acceptors (Lipinski definition) is 7. The van der Waals surface area contributed by atoms with Gasteiger partial charge in [-0.3, -0.25) is 19.3 Å². The highest BCUT2D eigenvalue weighted by molar-refractivity contribution is 8.18. The molecule has 1 N–H and O–H groups in total. The van der Waals surface area contributed by atoms with Crippen LogP contribution < -0.4 is 15.1 Å². The number of nitrogens with one attached hydrogen (secondary N) is 1. The third-order valence-corrected chi connectivity index (χ3v) is 6.93. The van der Waals surface area contributed by atoms with Gasteiger partial charge in [-0.25, -0.2) is 0 Å². The first-order chi connectivity index (χ1) is 17.0. The van der Waals surface area contributed by atoms with Crippen molar-refractivity contribution in [3.63, 3.8) is 0 Å². The van der Waals surface area contributed by atoms with Crippen molar-refractivity contribution in [2.45, 2.75) is 13.8 Å². The summed E-state index contributed by atoms with van der Waals surface area (Å²) in [6.07, 6.45) is 1.69. The van der Waals surface area contributed by atoms with Crippen LogP contribution in [0.1, 0.15) is 19.4 Å². The summed E-state index contributed by atoms with van der Waals surface area (Å²) in [4.78, 5) is 43.5. The summed E-state index contributed by atoms with van der Waals surface area (Å²) in [6, 6.07) is 15.4. The van der Waals surface area contributed by atoms with E-state index in [0.717, 1.165) is 59.8 Å². The van der Waals surface area contributed by atoms with Crippen molar-refractivity contribution in [3.05, 3.63) is 59.0 Å². The SMILES string of the molecule is CCN(CC)c1ccc(/C=C2/SC(=O)N(CC(=O)Nc3ccc(N4CCOCC4)cc3)C2=O)cc1. The molecule has 35 heavy (non-hydrogen) atoms. The Morgan fingerprint density at radius 3 is 2.31 bits per heavy atom. The van der Waals surface area contributed by atoms with Gasteiger partial charge in [-0.15, -0.1) is 0 Å². The number of thioether (sulfide) groups is 1. The number of rotatable bonds is 8. The second-order valence-electron chi connectivity index (χ2n) is 8.23. The van der Waals surface area contributed by atoms with Gasteiger partial charge >= 0.3 is 0 Å². The summed E-state index contributed by atoms with van der Waals surface area (Å²) in [5, 5.41) is 2.33. The van der Waals surface area contributed by atoms with E-state index in [4.69, 9.17) is 4.74 Å². The van der Waals surface area contributed by atoms with Gasteiger partial charge in [0.2, 0.25) is 5.91 Å². The van der Waals surface area contributed by atoms with E-state index in [1.165, 1.54) is 0 Å². The molecule has 2 aliphatic heterocycles. The lowest BCUT2D eigenvalue weighted by Gasteiger charge is -2.28. The number of anilines is 3. The van der Waals surface area contributed by atoms with Crippen LogP contribution >= 0.6 is 11.8 Å². The predicted octanol–water partition coefficient (Wildman–Crippen LogP) is 4.04. The van der Waals surface area contributed by atoms with Crippen LogP contribution in [-0.4, -0.2) is 67.9 Å². The van der Waals surface area contributed by atoms with Crippen LogP contribution in [0.4, 0.5) is 21.9 Å². The molecular weight excluding hydrogens is 464 g/mol. The molecular formula is C26H30N4O4S. The number of imide groups is 1. The highest BCUT2D eigenvalue weighted by Gasteiger charge is 2.36. The highest BCUT2D eigenvalue weighted by atomic mass is 32.2. The van der Waals surface area contributed by atoms with Gasteiger partial charge in [-0.1, -0.05) is 12.1 Å². The number of hydrogen-bond donors (Lipinski definition) is 1. The Kier molecular flexibility index (Phi) is 8.09. The van der Waals surface area contributed by atoms with Gasteiger partial charge in [-0.05, 0) is 73.6 Å². The summed E-state index contributed by atoms with van der Waals surface area (Å²) >= 11 is 0.855. The van der Waals surface area contributed by atoms with E-state index < -0.39 is 17.1 Å². The molecule has 8 nitrogen and oxygen atoms in total. The normalized spacial score (nSPS) is 17.3. The smallest absolute Gasteiger partial charge is 0.294 e. The zero-order valence-corrected chi connectivity index (χ0v) is 20.8. The zero-order valence-electron chi connectivity index (χ0n) is 20.0. The molecule has 3 amide bonds. The van der Waals surface area contributed by atoms with Crippen molar-refractivity contribution < 1.29 is 19.1 Å². The molecule has 0 bridgehead atoms. The molecule has 9 heteroatoms. The van der Waals surface area contributed by atoms with Crippen LogP contribution in [0.5, 0.6) is 0 Å². The minimum Gasteiger partial charge on any atom is -0.378 e. The Hall–Kier alpha value is -3.30. The first-order valence-corrected chi connectivity index (χ1v) is 12.6. The Bertz CT molecular complexity index is 1090. The quantitative estimate of drug-likeness (QED) is 0.555. The first-order valence-electron chi connectivity index (χ1n) is 11.8. The van der Waals surface area contributed by atoms with E-state index in [2.05, 4.69) is 29.0 Å². The number of benzene rings is 2. The van der Waals surface area contributed by atoms with Gasteiger partial charge < -0.3 is 19.9 Å². The molecule has 0 aliphatic carbocycles. The van der Waals surface area contributed by atoms with E-state index in [-0.39, 0.29) is 6.54 Å². The van der Waals surface area contributed by atoms with E-state index in [0.29, 0.717) is 23.8 Å². The van der Waals surface area contributed by atoms with Gasteiger partial charge in [0.15, 0.2) is 0 Å². The summed E-state index contributed by atoms with van der Waals surface area (Å²) in [5.74, 6) is -0.873. The van der Waals surface area contributed by atoms with Gasteiger partial charge in [-0.2, -0.15) is 0 Å². The molecule has 0 spiro atoms. The number of amides is 3. The molecule has 2 saturated heterocycles. The van der Waals surface area contributed by atoms with Crippen molar-refractivity contribution in [2.75, 3.05) is 61.1 Å². The van der Waals surface area contributed by atoms with Crippen molar-refractivity contribution >= 4 is 52.0 Å². The fraction of sp³-hybridized carbons (Fsp3) is 0.346. The molecule has 2 fully saturated rings. The van der Waals surface area contributed by atoms with Gasteiger partial charge in [0.05, 0.1) is 18.1 Å². The molecule has 4 rings (SSSR count). The van der Waals surface area contributed by atoms with Crippen LogP contribution in [-0.2, 0) is 14.3 Å². The largest absolute Gasteiger partial charge is 0.378 e. The fourth-order valence-corrected chi connectivity index (χ4v) is 4.92. The first kappa shape index (κ1) is 24.8. The zero-order chi connectivity index (χ0) is 24.8. The lowest BCUT2D eigenvalue weighted by atomic mass is 10.1. The Labute approximate surface area is 209 Å². The Balaban J connectivity index is 1.35. The summed E-state index contributed by atoms with van der Waals surface area (Å²) < 4.78 is 5.37. The molecule has 2 aliphatic rings. The van der Waals surface area contributed by atoms with Crippen molar-refractivity contribution in [3.8, 4) is 0 Å². The standard InChI is InChI=1S/C26H30N4O4S/c1-3-28(4-2)21-9-5-19(6-10-21)17-23-25(32)30(26(33)35-23)18-24(31)27-20-7-11-22(12-8-20)29-13-15-34-16-14-29/h5-12,17H,3-4,13-16,18H2,1-2H3,(H,27,31)/b23-17+. The molecule has 184 valence electrons. The average molecular weight is 495 g/mol. The third-order valence-electron chi connectivity index (χ3n) is 6.02. The number of carbonyl (C=O) groups is 3. The molecule has 0 aromatic heterocycles. The summed E-state index contributed by atoms with van der Waals surface area (Å²) in [5.41, 5.74) is 3.61. The summed E-state index contributed by atoms with van der Waals surface area (Å²) in [6.45, 7) is 8.77. The van der Waals surface area contributed by atoms with Gasteiger partial charge in [0.25, 0.3) is 11.1 Å². The molecule has 2 aromatic rings. The van der Waals surface area contributed by atoms with E-state index in [9.17, 15) is 14.4 Å². The van der Waals surface area contributed by atoms with Crippen molar-refractivity contribution in [1.29, 1.82) is 0 Å². The fourth-order valence-electron chi connectivity index (χ4n) is 4.08. The number of morpholine rings is 1. The predicted molar refractivity (Wildman–Crippen MR) is 141 cm³/mol. The highest BCUT2D eigenvalue weighted by Crippen LogP contribution is 2.32. The van der Waals surface area contributed by atoms with Crippen LogP contribution in [0.25, 0.3) is 6.08 Å². The molecule has 0 saturated carbocycles. The molecule has 2 aromatic carbocycles. The van der Waals surface area contributed by atoms with Gasteiger partial charge in [0.1, 0.15) is 6.54 Å². The topological polar surface area (TPSA) is 82.2 Å². The number of carbonyl (C=O) groups excluding carboxylic acids is 3. The molecule has 2 heterocycles. The maximum Gasteiger partial charge on any atom is 0.294 e. The monoisotopic (exact) mass is 494 g/mol. The van der Waals surface area contributed by atoms with Crippen LogP contribution in [0.3, 0.4) is 0 Å². The Morgan fingerprint density at radius 1 is 1.03 bits per heavy atom. The number of ether oxygens (including phenoxy) is 1. The van der Waals surface area contributed by atoms with Crippen LogP contribution in [0.2, 0.25) is 0 Å². The number of nitrogens with zero attached hydrogens (tertiary/aromatic N) is 3. The lowest BCUT2D eigenvalue weighted by molar-refractivity contribution is -0.127. The van der Waals surface area contributed by atoms with Crippen LogP contribution in [0.15, 0.2) is 53.4 Å². The third kappa shape index (κ3) is 6.04. The van der Waals surface area contributed by atoms with Crippen molar-refractivity contribution in [2.24, 2.45) is 0 Å². The van der Waals surface area contributed by atoms with Crippen LogP contribution in [0, 0.1) is 0 Å². The molecule has 0 atom stereocenters. The molecule has 0 radical (unpaired) electrons. The van der Waals surface area contributed by atoms with E-state index in [1.54, 1.807) is 6.08 Å². The summed E-state index contributed by atoms with van der Waals surface area (Å²) in [7, 11) is 0.